The summed E-state index contributed by atoms with van der Waals surface area (Å²) in [7, 11) is 0. The molecule has 10 aromatic carbocycles. The summed E-state index contributed by atoms with van der Waals surface area (Å²) in [5.74, 6) is 0. The van der Waals surface area contributed by atoms with Crippen LogP contribution in [0.5, 0.6) is 0 Å². The summed E-state index contributed by atoms with van der Waals surface area (Å²) >= 11 is 0. The molecule has 0 N–H and O–H groups in total. The zero-order valence-corrected chi connectivity index (χ0v) is 43.3. The molecule has 0 atom stereocenters. The van der Waals surface area contributed by atoms with Crippen molar-refractivity contribution in [1.29, 1.82) is 0 Å². The number of nitrogens with zero attached hydrogens (tertiary/aromatic N) is 1. The van der Waals surface area contributed by atoms with Crippen LogP contribution in [0.15, 0.2) is 218 Å². The molecular weight excluding hydrogens is 1060 g/mol. The molecule has 0 aliphatic heterocycles. The van der Waals surface area contributed by atoms with Crippen LogP contribution in [0.25, 0.3) is 105 Å². The van der Waals surface area contributed by atoms with Gasteiger partial charge in [-0.15, -0.1) is 0 Å². The van der Waals surface area contributed by atoms with Crippen LogP contribution >= 0.6 is 0 Å². The van der Waals surface area contributed by atoms with Gasteiger partial charge in [-0.05, 0) is 199 Å². The third kappa shape index (κ3) is 10.8. The van der Waals surface area contributed by atoms with Gasteiger partial charge in [-0.1, -0.05) is 124 Å². The van der Waals surface area contributed by atoms with Gasteiger partial charge in [0, 0.05) is 16.3 Å². The van der Waals surface area contributed by atoms with E-state index in [4.69, 9.17) is 0 Å². The van der Waals surface area contributed by atoms with Gasteiger partial charge in [0.25, 0.3) is 0 Å². The molecule has 11 rings (SSSR count). The van der Waals surface area contributed by atoms with E-state index in [0.717, 1.165) is 92.7 Å². The normalized spacial score (nSPS) is 12.6. The fraction of sp³-hybridized carbons (Fsp3) is 0.118. The topological polar surface area (TPSA) is 4.93 Å². The lowest BCUT2D eigenvalue weighted by atomic mass is 9.81. The molecule has 13 heteroatoms. The Bertz CT molecular complexity index is 3780. The van der Waals surface area contributed by atoms with E-state index in [9.17, 15) is 52.7 Å². The van der Waals surface area contributed by atoms with E-state index in [-0.39, 0.29) is 5.41 Å². The second-order valence-corrected chi connectivity index (χ2v) is 21.0. The molecule has 0 aliphatic rings. The molecule has 0 saturated heterocycles. The van der Waals surface area contributed by atoms with E-state index in [0.29, 0.717) is 66.8 Å². The molecule has 0 radical (unpaired) electrons. The average molecular weight is 1100 g/mol. The van der Waals surface area contributed by atoms with Gasteiger partial charge in [0.05, 0.1) is 39.0 Å². The molecule has 0 amide bonds. The van der Waals surface area contributed by atoms with Crippen LogP contribution in [0.3, 0.4) is 0 Å². The molecule has 0 fully saturated rings. The predicted molar refractivity (Wildman–Crippen MR) is 298 cm³/mol. The van der Waals surface area contributed by atoms with E-state index in [1.165, 1.54) is 48.5 Å². The number of para-hydroxylation sites is 1. The predicted octanol–water partition coefficient (Wildman–Crippen LogP) is 21.8. The van der Waals surface area contributed by atoms with Crippen molar-refractivity contribution in [3.8, 4) is 83.6 Å². The Morgan fingerprint density at radius 2 is 0.531 bits per heavy atom. The molecule has 0 bridgehead atoms. The molecule has 0 saturated carbocycles. The van der Waals surface area contributed by atoms with E-state index in [1.54, 1.807) is 12.1 Å². The lowest BCUT2D eigenvalue weighted by molar-refractivity contribution is -0.138. The first kappa shape index (κ1) is 54.1. The quantitative estimate of drug-likeness (QED) is 0.134. The van der Waals surface area contributed by atoms with Gasteiger partial charge in [0.15, 0.2) is 0 Å². The molecule has 0 unspecified atom stereocenters. The van der Waals surface area contributed by atoms with Gasteiger partial charge in [-0.25, -0.2) is 0 Å². The van der Waals surface area contributed by atoms with Crippen molar-refractivity contribution in [1.82, 2.24) is 4.57 Å². The number of halogens is 12. The monoisotopic (exact) mass is 1100 g/mol. The molecule has 0 spiro atoms. The van der Waals surface area contributed by atoms with Crippen molar-refractivity contribution in [2.45, 2.75) is 50.9 Å². The Morgan fingerprint density at radius 3 is 0.840 bits per heavy atom. The van der Waals surface area contributed by atoms with Gasteiger partial charge in [0.2, 0.25) is 0 Å². The zero-order chi connectivity index (χ0) is 57.4. The number of fused-ring (bicyclic) bond motifs is 3. The number of hydrogen-bond acceptors (Lipinski definition) is 0. The van der Waals surface area contributed by atoms with Crippen molar-refractivity contribution in [3.63, 3.8) is 0 Å². The fourth-order valence-electron chi connectivity index (χ4n) is 10.6. The Balaban J connectivity index is 1.15. The second-order valence-electron chi connectivity index (χ2n) is 21.0. The maximum Gasteiger partial charge on any atom is 0.416 e. The Kier molecular flexibility index (Phi) is 13.4. The minimum absolute atomic E-state index is 0.253. The summed E-state index contributed by atoms with van der Waals surface area (Å²) < 4.78 is 167. The van der Waals surface area contributed by atoms with Crippen molar-refractivity contribution in [2.24, 2.45) is 0 Å². The van der Waals surface area contributed by atoms with E-state index < -0.39 is 47.0 Å². The van der Waals surface area contributed by atoms with E-state index in [1.807, 2.05) is 91.0 Å². The summed E-state index contributed by atoms with van der Waals surface area (Å²) in [5, 5.41) is 1.50. The summed E-state index contributed by atoms with van der Waals surface area (Å²) in [5.41, 5.74) is 8.07. The maximum atomic E-state index is 13.8. The van der Waals surface area contributed by atoms with Gasteiger partial charge < -0.3 is 4.57 Å². The Labute approximate surface area is 458 Å². The van der Waals surface area contributed by atoms with Gasteiger partial charge in [-0.2, -0.15) is 52.7 Å². The van der Waals surface area contributed by atoms with Crippen LogP contribution in [-0.2, 0) is 30.1 Å². The zero-order valence-electron chi connectivity index (χ0n) is 43.3. The van der Waals surface area contributed by atoms with Crippen molar-refractivity contribution in [2.75, 3.05) is 0 Å². The average Bonchev–Trinajstić information content (AvgIpc) is 3.97. The van der Waals surface area contributed by atoms with E-state index in [2.05, 4.69) is 43.5 Å². The van der Waals surface area contributed by atoms with Crippen molar-refractivity contribution >= 4 is 21.8 Å². The van der Waals surface area contributed by atoms with Gasteiger partial charge >= 0.3 is 24.7 Å². The highest BCUT2D eigenvalue weighted by Gasteiger charge is 2.33. The molecular formula is C68H45F12N. The smallest absolute Gasteiger partial charge is 0.309 e. The number of hydrogen-bond donors (Lipinski definition) is 0. The minimum atomic E-state index is -4.60. The summed E-state index contributed by atoms with van der Waals surface area (Å²) in [4.78, 5) is 0. The molecule has 406 valence electrons. The number of benzene rings is 10. The molecule has 1 aromatic heterocycles. The summed E-state index contributed by atoms with van der Waals surface area (Å²) in [6.07, 6.45) is -18.4. The van der Waals surface area contributed by atoms with Crippen LogP contribution in [0.1, 0.15) is 48.6 Å². The molecule has 1 nitrogen and oxygen atoms in total. The third-order valence-corrected chi connectivity index (χ3v) is 14.7. The lowest BCUT2D eigenvalue weighted by Crippen LogP contribution is -2.13. The number of alkyl halides is 12. The highest BCUT2D eigenvalue weighted by Crippen LogP contribution is 2.45. The molecule has 0 aliphatic carbocycles. The summed E-state index contributed by atoms with van der Waals surface area (Å²) in [6.45, 7) is 6.43. The third-order valence-electron chi connectivity index (χ3n) is 14.7. The number of rotatable bonds is 8. The van der Waals surface area contributed by atoms with Gasteiger partial charge in [0.1, 0.15) is 0 Å². The van der Waals surface area contributed by atoms with Crippen LogP contribution in [-0.4, -0.2) is 4.57 Å². The molecule has 1 heterocycles. The van der Waals surface area contributed by atoms with Crippen LogP contribution in [0, 0.1) is 0 Å². The van der Waals surface area contributed by atoms with Crippen LogP contribution < -0.4 is 0 Å². The van der Waals surface area contributed by atoms with Crippen molar-refractivity contribution in [3.05, 3.63) is 246 Å². The summed E-state index contributed by atoms with van der Waals surface area (Å²) in [6, 6.07) is 57.2. The maximum absolute atomic E-state index is 13.8. The number of aromatic nitrogens is 1. The minimum Gasteiger partial charge on any atom is -0.309 e. The first-order valence-electron chi connectivity index (χ1n) is 25.6. The highest BCUT2D eigenvalue weighted by atomic mass is 19.4. The molecule has 11 aromatic rings. The second kappa shape index (κ2) is 20.1. The Hall–Kier alpha value is -8.84. The SMILES string of the molecule is CC(C)(C)c1ccccc1-c1ccccc1-n1c2ccc(-c3cc(-c4ccc(C(F)(F)F)cc4)cc(-c4ccc(C(F)(F)F)cc4)c3)cc2c2cc(-c3cc(-c4ccc(C(F)(F)F)cc4)cc(-c4ccc(C(F)(F)F)cc4)c3)ccc21. The Morgan fingerprint density at radius 1 is 0.259 bits per heavy atom. The largest absolute Gasteiger partial charge is 0.416 e. The van der Waals surface area contributed by atoms with Crippen molar-refractivity contribution < 1.29 is 52.7 Å². The van der Waals surface area contributed by atoms with E-state index >= 15 is 0 Å². The van der Waals surface area contributed by atoms with Crippen LogP contribution in [0.2, 0.25) is 0 Å². The molecule has 81 heavy (non-hydrogen) atoms. The first-order chi connectivity index (χ1) is 38.3. The fourth-order valence-corrected chi connectivity index (χ4v) is 10.6. The first-order valence-corrected chi connectivity index (χ1v) is 25.6. The van der Waals surface area contributed by atoms with Crippen LogP contribution in [0.4, 0.5) is 52.7 Å². The standard InChI is InChI=1S/C68H45F12N/c1-64(2,3)60-10-6-4-8-56(60)57-9-5-7-11-61(57)81-62-30-20-44(50-34-46(40-12-22-52(23-13-40)65(69,70)71)32-47(35-50)41-14-24-53(25-15-41)66(72,73)74)38-58(62)59-39-45(21-31-63(59)81)51-36-48(42-16-26-54(27-17-42)67(75,76)77)33-49(37-51)43-18-28-55(29-19-43)68(78,79)80/h4-39H,1-3H3. The van der Waals surface area contributed by atoms with Gasteiger partial charge in [-0.3, -0.25) is 0 Å². The lowest BCUT2D eigenvalue weighted by Gasteiger charge is -2.24. The highest BCUT2D eigenvalue weighted by molar-refractivity contribution is 6.12.